The van der Waals surface area contributed by atoms with E-state index in [0.717, 1.165) is 41.0 Å². The van der Waals surface area contributed by atoms with E-state index in [1.54, 1.807) is 12.7 Å². The quantitative estimate of drug-likeness (QED) is 0.592. The molecule has 0 aromatic heterocycles. The van der Waals surface area contributed by atoms with Crippen molar-refractivity contribution in [2.45, 2.75) is 50.6 Å². The Kier molecular flexibility index (Phi) is 5.06. The Labute approximate surface area is 173 Å². The van der Waals surface area contributed by atoms with Crippen LogP contribution in [0.5, 0.6) is 5.75 Å². The molecule has 0 radical (unpaired) electrons. The summed E-state index contributed by atoms with van der Waals surface area (Å²) in [6.45, 7) is 3.79. The van der Waals surface area contributed by atoms with Gasteiger partial charge in [-0.15, -0.1) is 0 Å². The van der Waals surface area contributed by atoms with Gasteiger partial charge in [0.2, 0.25) is 0 Å². The van der Waals surface area contributed by atoms with Crippen LogP contribution in [0, 0.1) is 11.8 Å². The first kappa shape index (κ1) is 18.4. The lowest BCUT2D eigenvalue weighted by Crippen LogP contribution is -3.19. The SMILES string of the molecule is COc1ccc(NC(=S)N2CCCC3=C[C@@H]4C[C@@H](C[NH+]5CCCC[C@H]45)[C@@H]32)cc1. The van der Waals surface area contributed by atoms with Gasteiger partial charge in [0.1, 0.15) is 5.75 Å². The number of ether oxygens (including phenoxy) is 1. The van der Waals surface area contributed by atoms with E-state index >= 15 is 0 Å². The van der Waals surface area contributed by atoms with Crippen LogP contribution in [0.3, 0.4) is 0 Å². The van der Waals surface area contributed by atoms with Gasteiger partial charge in [-0.25, -0.2) is 0 Å². The Balaban J connectivity index is 1.35. The highest BCUT2D eigenvalue weighted by molar-refractivity contribution is 7.80. The lowest BCUT2D eigenvalue weighted by Gasteiger charge is -2.53. The average Bonchev–Trinajstić information content (AvgIpc) is 2.74. The van der Waals surface area contributed by atoms with Crippen molar-refractivity contribution in [1.29, 1.82) is 0 Å². The lowest BCUT2D eigenvalue weighted by molar-refractivity contribution is -0.943. The zero-order valence-corrected chi connectivity index (χ0v) is 17.6. The molecule has 5 rings (SSSR count). The van der Waals surface area contributed by atoms with Crippen LogP contribution in [0.25, 0.3) is 0 Å². The van der Waals surface area contributed by atoms with E-state index in [0.29, 0.717) is 6.04 Å². The van der Waals surface area contributed by atoms with Crippen LogP contribution in [-0.2, 0) is 0 Å². The molecule has 28 heavy (non-hydrogen) atoms. The Bertz CT molecular complexity index is 762. The molecular weight excluding hydrogens is 366 g/mol. The van der Waals surface area contributed by atoms with Crippen LogP contribution in [0.4, 0.5) is 5.69 Å². The number of benzene rings is 1. The fourth-order valence-corrected chi connectivity index (χ4v) is 6.61. The summed E-state index contributed by atoms with van der Waals surface area (Å²) in [7, 11) is 1.70. The second-order valence-corrected chi connectivity index (χ2v) is 9.40. The van der Waals surface area contributed by atoms with Crippen molar-refractivity contribution >= 4 is 23.0 Å². The fourth-order valence-electron chi connectivity index (χ4n) is 6.29. The number of fused-ring (bicyclic) bond motifs is 6. The van der Waals surface area contributed by atoms with Gasteiger partial charge in [0, 0.05) is 30.5 Å². The number of nitrogens with zero attached hydrogens (tertiary/aromatic N) is 1. The maximum atomic E-state index is 5.90. The third-order valence-electron chi connectivity index (χ3n) is 7.46. The van der Waals surface area contributed by atoms with Gasteiger partial charge in [0.15, 0.2) is 5.11 Å². The maximum Gasteiger partial charge on any atom is 0.173 e. The van der Waals surface area contributed by atoms with Crippen LogP contribution in [0.15, 0.2) is 35.9 Å². The minimum Gasteiger partial charge on any atom is -0.497 e. The standard InChI is InChI=1S/C23H31N3OS/c1-27-20-9-7-19(8-10-20)24-23(28)26-12-4-5-16-13-17-14-18(22(16)26)15-25-11-3-2-6-21(17)25/h7-10,13,17-18,21-22H,2-6,11-12,14-15H2,1H3,(H,24,28)/p+1/t17-,18+,21-,22-/m1/s1. The molecule has 5 atom stereocenters. The van der Waals surface area contributed by atoms with Crippen molar-refractivity contribution in [2.24, 2.45) is 11.8 Å². The number of piperidine rings is 3. The van der Waals surface area contributed by atoms with E-state index in [1.165, 1.54) is 51.6 Å². The van der Waals surface area contributed by atoms with Crippen molar-refractivity contribution in [3.05, 3.63) is 35.9 Å². The Morgan fingerprint density at radius 2 is 2.07 bits per heavy atom. The third kappa shape index (κ3) is 3.33. The highest BCUT2D eigenvalue weighted by Gasteiger charge is 2.48. The highest BCUT2D eigenvalue weighted by Crippen LogP contribution is 2.40. The molecular formula is C23H32N3OS+. The zero-order valence-electron chi connectivity index (χ0n) is 16.8. The van der Waals surface area contributed by atoms with Gasteiger partial charge >= 0.3 is 0 Å². The summed E-state index contributed by atoms with van der Waals surface area (Å²) in [5.74, 6) is 2.44. The average molecular weight is 399 g/mol. The highest BCUT2D eigenvalue weighted by atomic mass is 32.1. The number of rotatable bonds is 2. The third-order valence-corrected chi connectivity index (χ3v) is 7.80. The van der Waals surface area contributed by atoms with Crippen LogP contribution in [-0.4, -0.2) is 48.8 Å². The summed E-state index contributed by atoms with van der Waals surface area (Å²) in [6, 6.07) is 9.46. The molecule has 150 valence electrons. The predicted molar refractivity (Wildman–Crippen MR) is 117 cm³/mol. The van der Waals surface area contributed by atoms with E-state index in [4.69, 9.17) is 17.0 Å². The van der Waals surface area contributed by atoms with Crippen molar-refractivity contribution in [3.63, 3.8) is 0 Å². The normalized spacial score (nSPS) is 34.0. The molecule has 4 nitrogen and oxygen atoms in total. The Morgan fingerprint density at radius 1 is 1.21 bits per heavy atom. The topological polar surface area (TPSA) is 28.9 Å². The Morgan fingerprint density at radius 3 is 2.89 bits per heavy atom. The maximum absolute atomic E-state index is 5.90. The number of hydrogen-bond acceptors (Lipinski definition) is 2. The number of likely N-dealkylation sites (tertiary alicyclic amines) is 1. The largest absolute Gasteiger partial charge is 0.497 e. The molecule has 1 aromatic carbocycles. The summed E-state index contributed by atoms with van der Waals surface area (Å²) in [6.07, 6.45) is 10.8. The molecule has 3 fully saturated rings. The van der Waals surface area contributed by atoms with Gasteiger partial charge in [-0.05, 0) is 68.6 Å². The molecule has 4 aliphatic rings. The molecule has 0 amide bonds. The first-order valence-electron chi connectivity index (χ1n) is 11.0. The summed E-state index contributed by atoms with van der Waals surface area (Å²) in [5, 5.41) is 4.38. The molecule has 2 N–H and O–H groups in total. The van der Waals surface area contributed by atoms with Crippen LogP contribution in [0.2, 0.25) is 0 Å². The number of methoxy groups -OCH3 is 1. The molecule has 5 heteroatoms. The molecule has 1 aromatic rings. The number of anilines is 1. The summed E-state index contributed by atoms with van der Waals surface area (Å²) >= 11 is 5.90. The van der Waals surface area contributed by atoms with Crippen LogP contribution < -0.4 is 15.0 Å². The van der Waals surface area contributed by atoms with Crippen LogP contribution in [0.1, 0.15) is 38.5 Å². The van der Waals surface area contributed by atoms with Gasteiger partial charge in [-0.1, -0.05) is 11.6 Å². The first-order valence-corrected chi connectivity index (χ1v) is 11.4. The van der Waals surface area contributed by atoms with Gasteiger partial charge in [0.05, 0.1) is 32.3 Å². The van der Waals surface area contributed by atoms with Gasteiger partial charge < -0.3 is 19.9 Å². The molecule has 3 saturated heterocycles. The monoisotopic (exact) mass is 398 g/mol. The molecule has 2 bridgehead atoms. The van der Waals surface area contributed by atoms with Crippen molar-refractivity contribution in [2.75, 3.05) is 32.1 Å². The van der Waals surface area contributed by atoms with Gasteiger partial charge in [0.25, 0.3) is 0 Å². The summed E-state index contributed by atoms with van der Waals surface area (Å²) < 4.78 is 5.27. The van der Waals surface area contributed by atoms with Gasteiger partial charge in [-0.2, -0.15) is 0 Å². The van der Waals surface area contributed by atoms with Crippen molar-refractivity contribution in [3.8, 4) is 5.75 Å². The first-order chi connectivity index (χ1) is 13.7. The summed E-state index contributed by atoms with van der Waals surface area (Å²) in [4.78, 5) is 4.38. The molecule has 3 heterocycles. The molecule has 0 spiro atoms. The molecule has 3 aliphatic heterocycles. The second kappa shape index (κ2) is 7.68. The van der Waals surface area contributed by atoms with E-state index in [1.807, 2.05) is 29.2 Å². The second-order valence-electron chi connectivity index (χ2n) is 9.02. The van der Waals surface area contributed by atoms with E-state index in [-0.39, 0.29) is 0 Å². The predicted octanol–water partition coefficient (Wildman–Crippen LogP) is 2.87. The molecule has 0 saturated carbocycles. The smallest absolute Gasteiger partial charge is 0.173 e. The minimum atomic E-state index is 0.513. The zero-order chi connectivity index (χ0) is 19.1. The summed E-state index contributed by atoms with van der Waals surface area (Å²) in [5.41, 5.74) is 2.72. The molecule has 1 aliphatic carbocycles. The lowest BCUT2D eigenvalue weighted by atomic mass is 9.68. The number of nitrogens with one attached hydrogen (secondary N) is 2. The number of quaternary nitrogens is 1. The number of thiocarbonyl (C=S) groups is 1. The van der Waals surface area contributed by atoms with E-state index in [2.05, 4.69) is 16.3 Å². The van der Waals surface area contributed by atoms with E-state index < -0.39 is 0 Å². The van der Waals surface area contributed by atoms with Crippen molar-refractivity contribution in [1.82, 2.24) is 4.90 Å². The minimum absolute atomic E-state index is 0.513. The van der Waals surface area contributed by atoms with Crippen LogP contribution >= 0.6 is 12.2 Å². The number of hydrogen-bond donors (Lipinski definition) is 2. The molecule has 1 unspecified atom stereocenters. The fraction of sp³-hybridized carbons (Fsp3) is 0.609. The van der Waals surface area contributed by atoms with E-state index in [9.17, 15) is 0 Å². The Hall–Kier alpha value is -1.59. The van der Waals surface area contributed by atoms with Gasteiger partial charge in [-0.3, -0.25) is 0 Å². The van der Waals surface area contributed by atoms with Crippen molar-refractivity contribution < 1.29 is 9.64 Å².